The third-order valence-electron chi connectivity index (χ3n) is 6.73. The van der Waals surface area contributed by atoms with Gasteiger partial charge in [-0.25, -0.2) is 14.1 Å². The number of nitrogens with zero attached hydrogens (tertiary/aromatic N) is 4. The monoisotopic (exact) mass is 488 g/mol. The summed E-state index contributed by atoms with van der Waals surface area (Å²) in [5, 5.41) is 5.20. The molecule has 5 rings (SSSR count). The molecule has 8 heteroatoms. The van der Waals surface area contributed by atoms with Crippen molar-refractivity contribution in [1.29, 1.82) is 0 Å². The Hall–Kier alpha value is -3.39. The fourth-order valence-electron chi connectivity index (χ4n) is 4.78. The lowest BCUT2D eigenvalue weighted by molar-refractivity contribution is -0.139. The molecule has 0 N–H and O–H groups in total. The molecule has 0 saturated heterocycles. The Morgan fingerprint density at radius 3 is 2.60 bits per heavy atom. The minimum Gasteiger partial charge on any atom is -0.465 e. The van der Waals surface area contributed by atoms with Crippen LogP contribution in [0.25, 0.3) is 17.0 Å². The molecule has 1 unspecified atom stereocenters. The first-order valence-corrected chi connectivity index (χ1v) is 12.9. The molecule has 1 atom stereocenters. The molecule has 0 saturated carbocycles. The highest BCUT2D eigenvalue weighted by Crippen LogP contribution is 2.42. The van der Waals surface area contributed by atoms with Gasteiger partial charge in [0.2, 0.25) is 5.78 Å². The number of thioether (sulfide) groups is 1. The standard InChI is InChI=1S/C27H28N4O3S/c1-4-27(3)15-19-13-9-10-14-20(19)23-22(27)24(33)31-25(28-23)30(16-18-11-7-6-8-12-18)29-26(31)35-17-21(32)34-5-2/h6-14H,4-5,15-17H2,1-3H3. The van der Waals surface area contributed by atoms with E-state index in [1.165, 1.54) is 17.3 Å². The van der Waals surface area contributed by atoms with Gasteiger partial charge in [0, 0.05) is 11.0 Å². The first-order valence-electron chi connectivity index (χ1n) is 11.9. The molecule has 2 heterocycles. The van der Waals surface area contributed by atoms with Crippen LogP contribution in [0, 0.1) is 0 Å². The van der Waals surface area contributed by atoms with E-state index < -0.39 is 0 Å². The number of ether oxygens (including phenoxy) is 1. The fourth-order valence-corrected chi connectivity index (χ4v) is 5.57. The molecular formula is C27H28N4O3S. The first kappa shape index (κ1) is 23.4. The highest BCUT2D eigenvalue weighted by Gasteiger charge is 2.38. The number of benzene rings is 2. The molecular weight excluding hydrogens is 460 g/mol. The highest BCUT2D eigenvalue weighted by atomic mass is 32.2. The predicted molar refractivity (Wildman–Crippen MR) is 137 cm³/mol. The maximum Gasteiger partial charge on any atom is 0.316 e. The highest BCUT2D eigenvalue weighted by molar-refractivity contribution is 7.99. The number of rotatable bonds is 7. The van der Waals surface area contributed by atoms with Crippen LogP contribution in [-0.4, -0.2) is 37.5 Å². The molecule has 4 aromatic rings. The van der Waals surface area contributed by atoms with E-state index in [1.54, 1.807) is 16.0 Å². The number of hydrogen-bond acceptors (Lipinski definition) is 6. The SMILES string of the molecule is CCOC(=O)CSc1nn(Cc2ccccc2)c2nc3c(c(=O)n12)C(C)(CC)Cc1ccccc1-3. The number of carbonyl (C=O) groups excluding carboxylic acids is 1. The van der Waals surface area contributed by atoms with E-state index in [-0.39, 0.29) is 22.7 Å². The van der Waals surface area contributed by atoms with Crippen LogP contribution in [0.15, 0.2) is 64.5 Å². The molecule has 0 fully saturated rings. The van der Waals surface area contributed by atoms with E-state index in [0.29, 0.717) is 29.6 Å². The smallest absolute Gasteiger partial charge is 0.316 e. The lowest BCUT2D eigenvalue weighted by Crippen LogP contribution is -2.38. The van der Waals surface area contributed by atoms with Crippen molar-refractivity contribution in [2.45, 2.75) is 50.7 Å². The summed E-state index contributed by atoms with van der Waals surface area (Å²) in [6.07, 6.45) is 1.58. The van der Waals surface area contributed by atoms with Crippen molar-refractivity contribution in [2.75, 3.05) is 12.4 Å². The predicted octanol–water partition coefficient (Wildman–Crippen LogP) is 4.49. The van der Waals surface area contributed by atoms with E-state index in [9.17, 15) is 9.59 Å². The Labute approximate surface area is 208 Å². The molecule has 2 aromatic carbocycles. The van der Waals surface area contributed by atoms with Gasteiger partial charge in [-0.2, -0.15) is 0 Å². The van der Waals surface area contributed by atoms with Crippen LogP contribution >= 0.6 is 11.8 Å². The van der Waals surface area contributed by atoms with Gasteiger partial charge in [0.15, 0.2) is 5.16 Å². The summed E-state index contributed by atoms with van der Waals surface area (Å²) < 4.78 is 8.42. The molecule has 1 aliphatic rings. The summed E-state index contributed by atoms with van der Waals surface area (Å²) in [5.74, 6) is 0.205. The van der Waals surface area contributed by atoms with E-state index in [1.807, 2.05) is 48.5 Å². The number of fused-ring (bicyclic) bond motifs is 4. The van der Waals surface area contributed by atoms with Crippen LogP contribution in [0.4, 0.5) is 0 Å². The maximum atomic E-state index is 14.2. The number of aromatic nitrogens is 4. The molecule has 0 aliphatic heterocycles. The average Bonchev–Trinajstić information content (AvgIpc) is 3.21. The van der Waals surface area contributed by atoms with Crippen LogP contribution in [0.1, 0.15) is 43.9 Å². The maximum absolute atomic E-state index is 14.2. The Balaban J connectivity index is 1.74. The third kappa shape index (κ3) is 4.16. The van der Waals surface area contributed by atoms with Gasteiger partial charge in [-0.05, 0) is 30.9 Å². The molecule has 180 valence electrons. The van der Waals surface area contributed by atoms with Gasteiger partial charge in [-0.15, -0.1) is 5.10 Å². The van der Waals surface area contributed by atoms with Gasteiger partial charge in [-0.1, -0.05) is 80.2 Å². The van der Waals surface area contributed by atoms with Crippen LogP contribution in [0.2, 0.25) is 0 Å². The van der Waals surface area contributed by atoms with Crippen LogP contribution in [0.3, 0.4) is 0 Å². The van der Waals surface area contributed by atoms with Crippen LogP contribution in [0.5, 0.6) is 0 Å². The summed E-state index contributed by atoms with van der Waals surface area (Å²) >= 11 is 1.20. The Morgan fingerprint density at radius 2 is 1.86 bits per heavy atom. The van der Waals surface area contributed by atoms with Crippen molar-refractivity contribution in [1.82, 2.24) is 19.2 Å². The minimum absolute atomic E-state index is 0.0721. The Bertz CT molecular complexity index is 1460. The summed E-state index contributed by atoms with van der Waals surface area (Å²) in [6, 6.07) is 18.1. The van der Waals surface area contributed by atoms with Gasteiger partial charge >= 0.3 is 5.97 Å². The lowest BCUT2D eigenvalue weighted by atomic mass is 9.69. The fraction of sp³-hybridized carbons (Fsp3) is 0.333. The molecule has 35 heavy (non-hydrogen) atoms. The second-order valence-corrected chi connectivity index (χ2v) is 9.99. The van der Waals surface area contributed by atoms with Crippen molar-refractivity contribution in [2.24, 2.45) is 0 Å². The Morgan fingerprint density at radius 1 is 1.11 bits per heavy atom. The van der Waals surface area contributed by atoms with E-state index in [4.69, 9.17) is 14.8 Å². The summed E-state index contributed by atoms with van der Waals surface area (Å²) in [7, 11) is 0. The van der Waals surface area contributed by atoms with Crippen molar-refractivity contribution in [3.05, 3.63) is 81.6 Å². The molecule has 7 nitrogen and oxygen atoms in total. The second kappa shape index (κ2) is 9.34. The zero-order chi connectivity index (χ0) is 24.6. The molecule has 2 aromatic heterocycles. The molecule has 0 bridgehead atoms. The third-order valence-corrected chi connectivity index (χ3v) is 7.63. The van der Waals surface area contributed by atoms with E-state index in [0.717, 1.165) is 29.7 Å². The molecule has 0 spiro atoms. The largest absolute Gasteiger partial charge is 0.465 e. The van der Waals surface area contributed by atoms with Crippen molar-refractivity contribution in [3.8, 4) is 11.3 Å². The number of esters is 1. The van der Waals surface area contributed by atoms with Gasteiger partial charge in [0.1, 0.15) is 0 Å². The molecule has 1 aliphatic carbocycles. The quantitative estimate of drug-likeness (QED) is 0.282. The summed E-state index contributed by atoms with van der Waals surface area (Å²) in [5.41, 5.74) is 4.23. The lowest BCUT2D eigenvalue weighted by Gasteiger charge is -2.35. The van der Waals surface area contributed by atoms with Crippen molar-refractivity contribution < 1.29 is 9.53 Å². The van der Waals surface area contributed by atoms with Crippen LogP contribution in [-0.2, 0) is 27.9 Å². The van der Waals surface area contributed by atoms with Gasteiger partial charge in [-0.3, -0.25) is 9.59 Å². The number of hydrogen-bond donors (Lipinski definition) is 0. The molecule has 0 radical (unpaired) electrons. The van der Waals surface area contributed by atoms with E-state index >= 15 is 0 Å². The Kier molecular flexibility index (Phi) is 6.23. The van der Waals surface area contributed by atoms with Gasteiger partial charge < -0.3 is 4.74 Å². The first-order chi connectivity index (χ1) is 16.9. The zero-order valence-electron chi connectivity index (χ0n) is 20.2. The van der Waals surface area contributed by atoms with Gasteiger partial charge in [0.25, 0.3) is 5.56 Å². The zero-order valence-corrected chi connectivity index (χ0v) is 21.0. The average molecular weight is 489 g/mol. The topological polar surface area (TPSA) is 78.5 Å². The summed E-state index contributed by atoms with van der Waals surface area (Å²) in [4.78, 5) is 31.3. The molecule has 0 amide bonds. The van der Waals surface area contributed by atoms with Crippen molar-refractivity contribution >= 4 is 23.5 Å². The van der Waals surface area contributed by atoms with Crippen LogP contribution < -0.4 is 5.56 Å². The minimum atomic E-state index is -0.348. The summed E-state index contributed by atoms with van der Waals surface area (Å²) in [6.45, 7) is 6.79. The van der Waals surface area contributed by atoms with Crippen molar-refractivity contribution in [3.63, 3.8) is 0 Å². The van der Waals surface area contributed by atoms with E-state index in [2.05, 4.69) is 19.9 Å². The van der Waals surface area contributed by atoms with Gasteiger partial charge in [0.05, 0.1) is 30.2 Å². The normalized spacial score (nSPS) is 16.7. The number of carbonyl (C=O) groups is 1. The second-order valence-electron chi connectivity index (χ2n) is 9.04.